The number of carbonyl (C=O) groups is 2. The third-order valence-electron chi connectivity index (χ3n) is 3.42. The minimum atomic E-state index is -0.295. The fraction of sp³-hybridized carbons (Fsp3) is 0.211. The highest BCUT2D eigenvalue weighted by molar-refractivity contribution is 6.01. The highest BCUT2D eigenvalue weighted by atomic mass is 16.2. The van der Waals surface area contributed by atoms with Crippen LogP contribution in [0.25, 0.3) is 0 Å². The molecule has 0 unspecified atom stereocenters. The monoisotopic (exact) mass is 323 g/mol. The smallest absolute Gasteiger partial charge is 0.271 e. The minimum Gasteiger partial charge on any atom is -0.326 e. The van der Waals surface area contributed by atoms with E-state index in [1.54, 1.807) is 24.3 Å². The summed E-state index contributed by atoms with van der Waals surface area (Å²) in [4.78, 5) is 23.6. The molecule has 0 spiro atoms. The number of nitrogens with one attached hydrogen (secondary N) is 2. The molecular weight excluding hydrogens is 302 g/mol. The molecule has 0 aliphatic carbocycles. The second-order valence-electron chi connectivity index (χ2n) is 5.38. The lowest BCUT2D eigenvalue weighted by Gasteiger charge is -2.06. The van der Waals surface area contributed by atoms with Crippen molar-refractivity contribution < 1.29 is 9.59 Å². The maximum atomic E-state index is 12.1. The molecule has 0 heterocycles. The molecule has 2 amide bonds. The third-order valence-corrected chi connectivity index (χ3v) is 3.42. The molecule has 0 fully saturated rings. The van der Waals surface area contributed by atoms with Gasteiger partial charge in [-0.25, -0.2) is 5.43 Å². The molecule has 0 radical (unpaired) electrons. The molecule has 0 aliphatic heterocycles. The summed E-state index contributed by atoms with van der Waals surface area (Å²) in [5.74, 6) is -0.325. The minimum absolute atomic E-state index is 0.0298. The van der Waals surface area contributed by atoms with Crippen LogP contribution in [0.5, 0.6) is 0 Å². The normalized spacial score (nSPS) is 11.0. The lowest BCUT2D eigenvalue weighted by molar-refractivity contribution is -0.116. The lowest BCUT2D eigenvalue weighted by Crippen LogP contribution is -2.19. The quantitative estimate of drug-likeness (QED) is 0.630. The zero-order valence-electron chi connectivity index (χ0n) is 13.9. The second kappa shape index (κ2) is 8.62. The van der Waals surface area contributed by atoms with Crippen molar-refractivity contribution in [2.45, 2.75) is 26.7 Å². The molecule has 124 valence electrons. The predicted octanol–water partition coefficient (Wildman–Crippen LogP) is 3.58. The number of amides is 2. The largest absolute Gasteiger partial charge is 0.326 e. The van der Waals surface area contributed by atoms with E-state index in [-0.39, 0.29) is 11.8 Å². The zero-order chi connectivity index (χ0) is 17.4. The van der Waals surface area contributed by atoms with Crippen molar-refractivity contribution in [1.82, 2.24) is 5.43 Å². The van der Waals surface area contributed by atoms with Crippen LogP contribution in [-0.4, -0.2) is 17.5 Å². The Hall–Kier alpha value is -2.95. The van der Waals surface area contributed by atoms with Gasteiger partial charge in [0.05, 0.1) is 5.71 Å². The van der Waals surface area contributed by atoms with E-state index in [0.717, 1.165) is 17.7 Å². The molecule has 0 atom stereocenters. The summed E-state index contributed by atoms with van der Waals surface area (Å²) < 4.78 is 0. The molecule has 0 bridgehead atoms. The molecule has 24 heavy (non-hydrogen) atoms. The van der Waals surface area contributed by atoms with Gasteiger partial charge in [-0.15, -0.1) is 0 Å². The number of hydrogen-bond acceptors (Lipinski definition) is 3. The van der Waals surface area contributed by atoms with Gasteiger partial charge in [-0.3, -0.25) is 9.59 Å². The van der Waals surface area contributed by atoms with Gasteiger partial charge in [-0.2, -0.15) is 5.10 Å². The summed E-state index contributed by atoms with van der Waals surface area (Å²) in [7, 11) is 0. The van der Waals surface area contributed by atoms with Crippen molar-refractivity contribution in [2.75, 3.05) is 5.32 Å². The van der Waals surface area contributed by atoms with E-state index in [1.165, 1.54) is 0 Å². The maximum absolute atomic E-state index is 12.1. The van der Waals surface area contributed by atoms with Crippen molar-refractivity contribution in [3.63, 3.8) is 0 Å². The van der Waals surface area contributed by atoms with Crippen LogP contribution >= 0.6 is 0 Å². The molecule has 0 aliphatic rings. The van der Waals surface area contributed by atoms with Crippen molar-refractivity contribution in [3.8, 4) is 0 Å². The standard InChI is InChI=1S/C19H21N3O2/c1-3-7-18(23)20-17-12-10-16(11-13-17)19(24)22-21-14(2)15-8-5-4-6-9-15/h4-6,8-13H,3,7H2,1-2H3,(H,20,23)(H,22,24). The molecule has 2 N–H and O–H groups in total. The highest BCUT2D eigenvalue weighted by Crippen LogP contribution is 2.10. The van der Waals surface area contributed by atoms with E-state index in [9.17, 15) is 9.59 Å². The van der Waals surface area contributed by atoms with Crippen LogP contribution in [0.1, 0.15) is 42.6 Å². The van der Waals surface area contributed by atoms with Crippen molar-refractivity contribution in [1.29, 1.82) is 0 Å². The van der Waals surface area contributed by atoms with Crippen LogP contribution in [0.15, 0.2) is 59.7 Å². The lowest BCUT2D eigenvalue weighted by atomic mass is 10.1. The topological polar surface area (TPSA) is 70.6 Å². The molecule has 0 saturated heterocycles. The average Bonchev–Trinajstić information content (AvgIpc) is 2.61. The summed E-state index contributed by atoms with van der Waals surface area (Å²) in [5, 5.41) is 6.90. The van der Waals surface area contributed by atoms with Crippen LogP contribution in [0.3, 0.4) is 0 Å². The van der Waals surface area contributed by atoms with Gasteiger partial charge in [-0.1, -0.05) is 37.3 Å². The molecule has 5 heteroatoms. The number of nitrogens with zero attached hydrogens (tertiary/aromatic N) is 1. The Morgan fingerprint density at radius 3 is 2.25 bits per heavy atom. The van der Waals surface area contributed by atoms with Gasteiger partial charge in [0.15, 0.2) is 0 Å². The SMILES string of the molecule is CCCC(=O)Nc1ccc(C(=O)NN=C(C)c2ccccc2)cc1. The van der Waals surface area contributed by atoms with Crippen LogP contribution in [0, 0.1) is 0 Å². The average molecular weight is 323 g/mol. The van der Waals surface area contributed by atoms with E-state index in [4.69, 9.17) is 0 Å². The summed E-state index contributed by atoms with van der Waals surface area (Å²) in [6, 6.07) is 16.3. The molecule has 2 aromatic carbocycles. The number of hydrazone groups is 1. The third kappa shape index (κ3) is 5.05. The first-order chi connectivity index (χ1) is 11.6. The summed E-state index contributed by atoms with van der Waals surface area (Å²) in [6.07, 6.45) is 1.28. The number of benzene rings is 2. The number of rotatable bonds is 6. The van der Waals surface area contributed by atoms with Crippen LogP contribution < -0.4 is 10.7 Å². The maximum Gasteiger partial charge on any atom is 0.271 e. The van der Waals surface area contributed by atoms with E-state index in [0.29, 0.717) is 17.7 Å². The van der Waals surface area contributed by atoms with Gasteiger partial charge in [0, 0.05) is 17.7 Å². The fourth-order valence-electron chi connectivity index (χ4n) is 2.10. The Kier molecular flexibility index (Phi) is 6.25. The van der Waals surface area contributed by atoms with E-state index < -0.39 is 0 Å². The number of anilines is 1. The summed E-state index contributed by atoms with van der Waals surface area (Å²) in [5.41, 5.74) is 5.37. The molecule has 0 saturated carbocycles. The van der Waals surface area contributed by atoms with Gasteiger partial charge in [0.2, 0.25) is 5.91 Å². The number of carbonyl (C=O) groups excluding carboxylic acids is 2. The molecule has 5 nitrogen and oxygen atoms in total. The van der Waals surface area contributed by atoms with Crippen LogP contribution in [-0.2, 0) is 4.79 Å². The van der Waals surface area contributed by atoms with Gasteiger partial charge < -0.3 is 5.32 Å². The molecule has 2 aromatic rings. The Morgan fingerprint density at radius 1 is 0.958 bits per heavy atom. The first-order valence-electron chi connectivity index (χ1n) is 7.90. The Morgan fingerprint density at radius 2 is 1.62 bits per heavy atom. The van der Waals surface area contributed by atoms with Crippen molar-refractivity contribution in [2.24, 2.45) is 5.10 Å². The fourth-order valence-corrected chi connectivity index (χ4v) is 2.10. The molecule has 0 aromatic heterocycles. The van der Waals surface area contributed by atoms with Crippen LogP contribution in [0.4, 0.5) is 5.69 Å². The van der Waals surface area contributed by atoms with Gasteiger partial charge in [0.1, 0.15) is 0 Å². The van der Waals surface area contributed by atoms with Gasteiger partial charge in [0.25, 0.3) is 5.91 Å². The van der Waals surface area contributed by atoms with Gasteiger partial charge in [-0.05, 0) is 43.2 Å². The molecule has 2 rings (SSSR count). The van der Waals surface area contributed by atoms with Crippen molar-refractivity contribution in [3.05, 3.63) is 65.7 Å². The Bertz CT molecular complexity index is 722. The Balaban J connectivity index is 1.96. The highest BCUT2D eigenvalue weighted by Gasteiger charge is 2.06. The zero-order valence-corrected chi connectivity index (χ0v) is 13.9. The first-order valence-corrected chi connectivity index (χ1v) is 7.90. The number of hydrogen-bond donors (Lipinski definition) is 2. The van der Waals surface area contributed by atoms with Crippen molar-refractivity contribution >= 4 is 23.2 Å². The predicted molar refractivity (Wildman–Crippen MR) is 96.1 cm³/mol. The van der Waals surface area contributed by atoms with Gasteiger partial charge >= 0.3 is 0 Å². The summed E-state index contributed by atoms with van der Waals surface area (Å²) >= 11 is 0. The second-order valence-corrected chi connectivity index (χ2v) is 5.38. The van der Waals surface area contributed by atoms with Crippen LogP contribution in [0.2, 0.25) is 0 Å². The molecular formula is C19H21N3O2. The Labute approximate surface area is 141 Å². The van der Waals surface area contributed by atoms with E-state index in [2.05, 4.69) is 15.8 Å². The van der Waals surface area contributed by atoms with E-state index in [1.807, 2.05) is 44.2 Å². The van der Waals surface area contributed by atoms with E-state index >= 15 is 0 Å². The first kappa shape index (κ1) is 17.4. The summed E-state index contributed by atoms with van der Waals surface area (Å²) in [6.45, 7) is 3.78.